The van der Waals surface area contributed by atoms with E-state index >= 15 is 0 Å². The van der Waals surface area contributed by atoms with Crippen molar-refractivity contribution in [3.8, 4) is 0 Å². The highest BCUT2D eigenvalue weighted by Gasteiger charge is 2.16. The lowest BCUT2D eigenvalue weighted by Gasteiger charge is -2.15. The van der Waals surface area contributed by atoms with Gasteiger partial charge in [-0.05, 0) is 12.8 Å². The summed E-state index contributed by atoms with van der Waals surface area (Å²) in [6.07, 6.45) is 4.05. The highest BCUT2D eigenvalue weighted by atomic mass is 32.1. The number of thiazole rings is 1. The third-order valence-electron chi connectivity index (χ3n) is 2.29. The number of amides is 2. The van der Waals surface area contributed by atoms with Crippen molar-refractivity contribution in [1.29, 1.82) is 0 Å². The smallest absolute Gasteiger partial charge is 0.317 e. The number of rotatable bonds is 2. The molecule has 1 aromatic heterocycles. The summed E-state index contributed by atoms with van der Waals surface area (Å²) in [6.45, 7) is 2.39. The van der Waals surface area contributed by atoms with Crippen LogP contribution in [0.25, 0.3) is 0 Å². The van der Waals surface area contributed by atoms with Crippen LogP contribution >= 0.6 is 11.3 Å². The molecule has 14 heavy (non-hydrogen) atoms. The van der Waals surface area contributed by atoms with Crippen LogP contribution in [-0.4, -0.2) is 29.0 Å². The van der Waals surface area contributed by atoms with E-state index in [4.69, 9.17) is 0 Å². The molecule has 0 bridgehead atoms. The molecule has 0 unspecified atom stereocenters. The molecule has 2 amide bonds. The van der Waals surface area contributed by atoms with Gasteiger partial charge >= 0.3 is 6.03 Å². The topological polar surface area (TPSA) is 45.2 Å². The molecule has 1 fully saturated rings. The first-order chi connectivity index (χ1) is 6.86. The number of carbonyl (C=O) groups excluding carboxylic acids is 1. The van der Waals surface area contributed by atoms with Crippen molar-refractivity contribution in [2.75, 3.05) is 13.1 Å². The summed E-state index contributed by atoms with van der Waals surface area (Å²) in [5.41, 5.74) is 1.78. The van der Waals surface area contributed by atoms with Gasteiger partial charge in [-0.15, -0.1) is 11.3 Å². The van der Waals surface area contributed by atoms with Crippen LogP contribution in [0.3, 0.4) is 0 Å². The fourth-order valence-electron chi connectivity index (χ4n) is 1.52. The molecule has 1 aliphatic rings. The van der Waals surface area contributed by atoms with Gasteiger partial charge < -0.3 is 10.2 Å². The van der Waals surface area contributed by atoms with Crippen molar-refractivity contribution in [2.24, 2.45) is 0 Å². The standard InChI is InChI=1S/C9H13N3OS/c13-9(12-3-1-2-4-12)11-6-8-5-10-7-14-8/h5,7H,1-4,6H2,(H,11,13). The number of aromatic nitrogens is 1. The monoisotopic (exact) mass is 211 g/mol. The number of carbonyl (C=O) groups is 1. The maximum absolute atomic E-state index is 11.5. The van der Waals surface area contributed by atoms with Crippen LogP contribution in [0.1, 0.15) is 17.7 Å². The van der Waals surface area contributed by atoms with E-state index in [-0.39, 0.29) is 6.03 Å². The Morgan fingerprint density at radius 1 is 1.57 bits per heavy atom. The zero-order valence-corrected chi connectivity index (χ0v) is 8.72. The van der Waals surface area contributed by atoms with Crippen LogP contribution in [0.15, 0.2) is 11.7 Å². The highest BCUT2D eigenvalue weighted by molar-refractivity contribution is 7.09. The molecule has 0 aromatic carbocycles. The van der Waals surface area contributed by atoms with Gasteiger partial charge in [0.1, 0.15) is 0 Å². The number of hydrogen-bond donors (Lipinski definition) is 1. The summed E-state index contributed by atoms with van der Waals surface area (Å²) >= 11 is 1.56. The van der Waals surface area contributed by atoms with Crippen molar-refractivity contribution in [3.05, 3.63) is 16.6 Å². The van der Waals surface area contributed by atoms with Gasteiger partial charge in [0.2, 0.25) is 0 Å². The second-order valence-electron chi connectivity index (χ2n) is 3.32. The summed E-state index contributed by atoms with van der Waals surface area (Å²) < 4.78 is 0. The predicted octanol–water partition coefficient (Wildman–Crippen LogP) is 1.45. The maximum Gasteiger partial charge on any atom is 0.317 e. The third-order valence-corrected chi connectivity index (χ3v) is 3.07. The lowest BCUT2D eigenvalue weighted by atomic mass is 10.4. The summed E-state index contributed by atoms with van der Waals surface area (Å²) in [5, 5.41) is 2.88. The molecule has 1 saturated heterocycles. The SMILES string of the molecule is O=C(NCc1cncs1)N1CCCC1. The normalized spacial score (nSPS) is 15.9. The molecule has 1 aromatic rings. The quantitative estimate of drug-likeness (QED) is 0.804. The van der Waals surface area contributed by atoms with Crippen molar-refractivity contribution >= 4 is 17.4 Å². The average molecular weight is 211 g/mol. The lowest BCUT2D eigenvalue weighted by Crippen LogP contribution is -2.37. The van der Waals surface area contributed by atoms with Crippen molar-refractivity contribution < 1.29 is 4.79 Å². The minimum absolute atomic E-state index is 0.0518. The van der Waals surface area contributed by atoms with E-state index < -0.39 is 0 Å². The minimum Gasteiger partial charge on any atom is -0.333 e. The summed E-state index contributed by atoms with van der Waals surface area (Å²) in [4.78, 5) is 18.4. The van der Waals surface area contributed by atoms with Crippen LogP contribution in [0.2, 0.25) is 0 Å². The summed E-state index contributed by atoms with van der Waals surface area (Å²) in [6, 6.07) is 0.0518. The van der Waals surface area contributed by atoms with Gasteiger partial charge in [0.05, 0.1) is 12.1 Å². The van der Waals surface area contributed by atoms with Crippen LogP contribution < -0.4 is 5.32 Å². The molecule has 5 heteroatoms. The van der Waals surface area contributed by atoms with Crippen LogP contribution in [0.4, 0.5) is 4.79 Å². The Labute approximate surface area is 86.9 Å². The second kappa shape index (κ2) is 4.41. The molecule has 1 aliphatic heterocycles. The van der Waals surface area contributed by atoms with Crippen LogP contribution in [-0.2, 0) is 6.54 Å². The van der Waals surface area contributed by atoms with E-state index in [9.17, 15) is 4.79 Å². The first-order valence-corrected chi connectivity index (χ1v) is 5.64. The number of urea groups is 1. The molecular formula is C9H13N3OS. The van der Waals surface area contributed by atoms with Crippen LogP contribution in [0.5, 0.6) is 0 Å². The molecule has 76 valence electrons. The summed E-state index contributed by atoms with van der Waals surface area (Å²) in [5.74, 6) is 0. The Morgan fingerprint density at radius 2 is 2.36 bits per heavy atom. The average Bonchev–Trinajstić information content (AvgIpc) is 2.87. The largest absolute Gasteiger partial charge is 0.333 e. The van der Waals surface area contributed by atoms with Crippen molar-refractivity contribution in [2.45, 2.75) is 19.4 Å². The number of nitrogens with zero attached hydrogens (tertiary/aromatic N) is 2. The van der Waals surface area contributed by atoms with Crippen LogP contribution in [0, 0.1) is 0 Å². The van der Waals surface area contributed by atoms with E-state index in [2.05, 4.69) is 10.3 Å². The fourth-order valence-corrected chi connectivity index (χ4v) is 2.06. The molecule has 0 saturated carbocycles. The maximum atomic E-state index is 11.5. The van der Waals surface area contributed by atoms with E-state index in [1.54, 1.807) is 23.0 Å². The second-order valence-corrected chi connectivity index (χ2v) is 4.29. The minimum atomic E-state index is 0.0518. The van der Waals surface area contributed by atoms with Gasteiger partial charge in [-0.3, -0.25) is 4.98 Å². The van der Waals surface area contributed by atoms with E-state index in [1.165, 1.54) is 0 Å². The van der Waals surface area contributed by atoms with E-state index in [0.29, 0.717) is 6.54 Å². The lowest BCUT2D eigenvalue weighted by molar-refractivity contribution is 0.208. The van der Waals surface area contributed by atoms with Gasteiger partial charge in [-0.2, -0.15) is 0 Å². The molecule has 0 atom stereocenters. The van der Waals surface area contributed by atoms with Gasteiger partial charge in [-0.25, -0.2) is 4.79 Å². The summed E-state index contributed by atoms with van der Waals surface area (Å²) in [7, 11) is 0. The molecule has 0 aliphatic carbocycles. The highest BCUT2D eigenvalue weighted by Crippen LogP contribution is 2.08. The Bertz CT molecular complexity index is 293. The molecule has 2 heterocycles. The Hall–Kier alpha value is -1.10. The number of hydrogen-bond acceptors (Lipinski definition) is 3. The molecule has 2 rings (SSSR count). The Balaban J connectivity index is 1.77. The predicted molar refractivity (Wildman–Crippen MR) is 55.2 cm³/mol. The Morgan fingerprint density at radius 3 is 3.00 bits per heavy atom. The van der Waals surface area contributed by atoms with Crippen molar-refractivity contribution in [1.82, 2.24) is 15.2 Å². The zero-order valence-electron chi connectivity index (χ0n) is 7.90. The molecular weight excluding hydrogens is 198 g/mol. The van der Waals surface area contributed by atoms with Gasteiger partial charge in [-0.1, -0.05) is 0 Å². The number of likely N-dealkylation sites (tertiary alicyclic amines) is 1. The molecule has 1 N–H and O–H groups in total. The fraction of sp³-hybridized carbons (Fsp3) is 0.556. The first kappa shape index (κ1) is 9.45. The number of nitrogens with one attached hydrogen (secondary N) is 1. The first-order valence-electron chi connectivity index (χ1n) is 4.76. The van der Waals surface area contributed by atoms with E-state index in [1.807, 2.05) is 4.90 Å². The molecule has 4 nitrogen and oxygen atoms in total. The van der Waals surface area contributed by atoms with Gasteiger partial charge in [0.15, 0.2) is 0 Å². The van der Waals surface area contributed by atoms with E-state index in [0.717, 1.165) is 30.8 Å². The molecule has 0 radical (unpaired) electrons. The van der Waals surface area contributed by atoms with Crippen molar-refractivity contribution in [3.63, 3.8) is 0 Å². The zero-order chi connectivity index (χ0) is 9.80. The van der Waals surface area contributed by atoms with Gasteiger partial charge in [0, 0.05) is 24.2 Å². The molecule has 0 spiro atoms. The third kappa shape index (κ3) is 2.23. The Kier molecular flexibility index (Phi) is 2.98. The van der Waals surface area contributed by atoms with Gasteiger partial charge in [0.25, 0.3) is 0 Å².